The van der Waals surface area contributed by atoms with Crippen molar-refractivity contribution in [1.29, 1.82) is 0 Å². The summed E-state index contributed by atoms with van der Waals surface area (Å²) < 4.78 is 2.16. The number of thiol groups is 1. The molecule has 1 nitrogen and oxygen atoms in total. The molecule has 0 saturated carbocycles. The van der Waals surface area contributed by atoms with E-state index in [2.05, 4.69) is 31.0 Å². The highest BCUT2D eigenvalue weighted by atomic mass is 32.1. The average Bonchev–Trinajstić information content (AvgIpc) is 1.85. The minimum absolute atomic E-state index is 0.847. The Labute approximate surface area is 75.7 Å². The van der Waals surface area contributed by atoms with Crippen LogP contribution in [-0.4, -0.2) is 17.4 Å². The van der Waals surface area contributed by atoms with Gasteiger partial charge in [0, 0.05) is 13.1 Å². The summed E-state index contributed by atoms with van der Waals surface area (Å²) in [5.41, 5.74) is 0. The van der Waals surface area contributed by atoms with Gasteiger partial charge in [-0.2, -0.15) is 0 Å². The quantitative estimate of drug-likeness (QED) is 0.628. The Balaban J connectivity index is 2.23. The molecule has 11 heavy (non-hydrogen) atoms. The van der Waals surface area contributed by atoms with Crippen LogP contribution in [0.3, 0.4) is 0 Å². The Morgan fingerprint density at radius 2 is 2.27 bits per heavy atom. The monoisotopic (exact) mass is 173 g/mol. The summed E-state index contributed by atoms with van der Waals surface area (Å²) in [5.74, 6) is 1.75. The lowest BCUT2D eigenvalue weighted by molar-refractivity contribution is 0.254. The molecule has 0 aromatic heterocycles. The van der Waals surface area contributed by atoms with E-state index in [4.69, 9.17) is 0 Å². The van der Waals surface area contributed by atoms with Gasteiger partial charge >= 0.3 is 0 Å². The Hall–Kier alpha value is 0.310. The fourth-order valence-electron chi connectivity index (χ4n) is 1.90. The normalized spacial score (nSPS) is 27.8. The highest BCUT2D eigenvalue weighted by Crippen LogP contribution is 2.23. The van der Waals surface area contributed by atoms with Crippen molar-refractivity contribution in [3.8, 4) is 0 Å². The molecule has 1 aliphatic rings. The summed E-state index contributed by atoms with van der Waals surface area (Å²) in [6.45, 7) is 6.98. The first-order chi connectivity index (χ1) is 5.18. The second kappa shape index (κ2) is 4.36. The van der Waals surface area contributed by atoms with E-state index in [1.165, 1.54) is 32.4 Å². The summed E-state index contributed by atoms with van der Waals surface area (Å²) >= 11 is 4.38. The van der Waals surface area contributed by atoms with Crippen LogP contribution in [0.5, 0.6) is 0 Å². The number of rotatable bonds is 2. The van der Waals surface area contributed by atoms with E-state index >= 15 is 0 Å². The summed E-state index contributed by atoms with van der Waals surface area (Å²) in [7, 11) is 0. The van der Waals surface area contributed by atoms with Gasteiger partial charge in [0.1, 0.15) is 0 Å². The van der Waals surface area contributed by atoms with Crippen LogP contribution >= 0.6 is 12.8 Å². The van der Waals surface area contributed by atoms with Crippen LogP contribution in [0.15, 0.2) is 0 Å². The molecule has 0 radical (unpaired) electrons. The summed E-state index contributed by atoms with van der Waals surface area (Å²) in [5, 5.41) is 0. The first kappa shape index (κ1) is 9.40. The Bertz CT molecular complexity index is 112. The zero-order valence-corrected chi connectivity index (χ0v) is 8.48. The van der Waals surface area contributed by atoms with E-state index < -0.39 is 0 Å². The third-order valence-electron chi connectivity index (χ3n) is 2.30. The number of hydrogen-bond acceptors (Lipinski definition) is 2. The van der Waals surface area contributed by atoms with Crippen LogP contribution < -0.4 is 0 Å². The molecular weight excluding hydrogens is 154 g/mol. The van der Waals surface area contributed by atoms with Crippen molar-refractivity contribution in [3.63, 3.8) is 0 Å². The highest BCUT2D eigenvalue weighted by Gasteiger charge is 2.18. The third kappa shape index (κ3) is 3.48. The van der Waals surface area contributed by atoms with Crippen LogP contribution in [0, 0.1) is 11.8 Å². The van der Waals surface area contributed by atoms with Crippen molar-refractivity contribution in [2.45, 2.75) is 33.1 Å². The maximum atomic E-state index is 4.38. The maximum Gasteiger partial charge on any atom is 0.0115 e. The van der Waals surface area contributed by atoms with Gasteiger partial charge < -0.3 is 0 Å². The lowest BCUT2D eigenvalue weighted by Gasteiger charge is -2.29. The van der Waals surface area contributed by atoms with E-state index in [1.54, 1.807) is 0 Å². The molecule has 0 bridgehead atoms. The number of piperidine rings is 1. The predicted molar refractivity (Wildman–Crippen MR) is 52.7 cm³/mol. The molecule has 1 unspecified atom stereocenters. The smallest absolute Gasteiger partial charge is 0.0115 e. The minimum Gasteiger partial charge on any atom is -0.253 e. The average molecular weight is 173 g/mol. The van der Waals surface area contributed by atoms with E-state index in [9.17, 15) is 0 Å². The zero-order chi connectivity index (χ0) is 8.27. The van der Waals surface area contributed by atoms with Gasteiger partial charge in [0.25, 0.3) is 0 Å². The molecule has 66 valence electrons. The van der Waals surface area contributed by atoms with Gasteiger partial charge in [0.05, 0.1) is 0 Å². The van der Waals surface area contributed by atoms with E-state index in [-0.39, 0.29) is 0 Å². The third-order valence-corrected chi connectivity index (χ3v) is 2.67. The molecule has 1 atom stereocenters. The molecule has 1 heterocycles. The minimum atomic E-state index is 0.847. The van der Waals surface area contributed by atoms with E-state index in [0.29, 0.717) is 0 Å². The van der Waals surface area contributed by atoms with Crippen molar-refractivity contribution in [1.82, 2.24) is 4.31 Å². The van der Waals surface area contributed by atoms with Crippen molar-refractivity contribution >= 4 is 12.8 Å². The molecule has 0 amide bonds. The van der Waals surface area contributed by atoms with Crippen molar-refractivity contribution in [2.24, 2.45) is 11.8 Å². The summed E-state index contributed by atoms with van der Waals surface area (Å²) in [4.78, 5) is 0. The second-order valence-corrected chi connectivity index (χ2v) is 4.62. The first-order valence-corrected chi connectivity index (χ1v) is 5.02. The van der Waals surface area contributed by atoms with Crippen LogP contribution in [0.4, 0.5) is 0 Å². The zero-order valence-electron chi connectivity index (χ0n) is 7.58. The van der Waals surface area contributed by atoms with Gasteiger partial charge in [-0.3, -0.25) is 4.31 Å². The summed E-state index contributed by atoms with van der Waals surface area (Å²) in [6.07, 6.45) is 4.12. The molecule has 0 aliphatic carbocycles. The molecule has 2 heteroatoms. The lowest BCUT2D eigenvalue weighted by atomic mass is 9.91. The van der Waals surface area contributed by atoms with E-state index in [1.807, 2.05) is 0 Å². The highest BCUT2D eigenvalue weighted by molar-refractivity contribution is 7.77. The standard InChI is InChI=1S/C9H19NS/c1-8(2)6-9-4-3-5-10(11)7-9/h8-9,11H,3-7H2,1-2H3. The van der Waals surface area contributed by atoms with Gasteiger partial charge in [0.15, 0.2) is 0 Å². The largest absolute Gasteiger partial charge is 0.253 e. The van der Waals surface area contributed by atoms with Crippen molar-refractivity contribution in [3.05, 3.63) is 0 Å². The Morgan fingerprint density at radius 3 is 2.82 bits per heavy atom. The fourth-order valence-corrected chi connectivity index (χ4v) is 2.27. The topological polar surface area (TPSA) is 3.24 Å². The molecule has 1 saturated heterocycles. The van der Waals surface area contributed by atoms with Gasteiger partial charge in [-0.1, -0.05) is 26.7 Å². The molecule has 0 aromatic carbocycles. The molecule has 0 N–H and O–H groups in total. The van der Waals surface area contributed by atoms with Crippen LogP contribution in [0.25, 0.3) is 0 Å². The second-order valence-electron chi connectivity index (χ2n) is 4.05. The van der Waals surface area contributed by atoms with Gasteiger partial charge in [-0.05, 0) is 31.1 Å². The van der Waals surface area contributed by atoms with Crippen LogP contribution in [0.1, 0.15) is 33.1 Å². The van der Waals surface area contributed by atoms with Gasteiger partial charge in [0.2, 0.25) is 0 Å². The molecule has 0 aromatic rings. The summed E-state index contributed by atoms with van der Waals surface area (Å²) in [6, 6.07) is 0. The van der Waals surface area contributed by atoms with Crippen LogP contribution in [-0.2, 0) is 0 Å². The van der Waals surface area contributed by atoms with Gasteiger partial charge in [-0.25, -0.2) is 0 Å². The Kier molecular flexibility index (Phi) is 3.73. The first-order valence-electron chi connectivity index (χ1n) is 4.62. The predicted octanol–water partition coefficient (Wildman–Crippen LogP) is 2.59. The van der Waals surface area contributed by atoms with E-state index in [0.717, 1.165) is 11.8 Å². The van der Waals surface area contributed by atoms with Crippen molar-refractivity contribution in [2.75, 3.05) is 13.1 Å². The lowest BCUT2D eigenvalue weighted by Crippen LogP contribution is -2.29. The number of hydrogen-bond donors (Lipinski definition) is 1. The number of nitrogens with zero attached hydrogens (tertiary/aromatic N) is 1. The Morgan fingerprint density at radius 1 is 1.55 bits per heavy atom. The fraction of sp³-hybridized carbons (Fsp3) is 1.00. The van der Waals surface area contributed by atoms with Gasteiger partial charge in [-0.15, -0.1) is 0 Å². The molecular formula is C9H19NS. The molecule has 1 rings (SSSR count). The molecule has 0 spiro atoms. The van der Waals surface area contributed by atoms with Crippen molar-refractivity contribution < 1.29 is 0 Å². The molecule has 1 aliphatic heterocycles. The molecule has 1 fully saturated rings. The maximum absolute atomic E-state index is 4.38. The van der Waals surface area contributed by atoms with Crippen LogP contribution in [0.2, 0.25) is 0 Å². The SMILES string of the molecule is CC(C)CC1CCCN(S)C1.